The number of sulfonamides is 1. The number of carbonyl (C=O) groups is 1. The molecule has 31 heavy (non-hydrogen) atoms. The Kier molecular flexibility index (Phi) is 6.26. The van der Waals surface area contributed by atoms with E-state index in [9.17, 15) is 22.0 Å². The minimum Gasteiger partial charge on any atom is -0.346 e. The molecule has 0 bridgehead atoms. The number of fused-ring (bicyclic) bond motifs is 1. The van der Waals surface area contributed by atoms with Crippen LogP contribution in [0.2, 0.25) is 0 Å². The van der Waals surface area contributed by atoms with Gasteiger partial charge in [-0.1, -0.05) is 19.9 Å². The molecule has 0 saturated heterocycles. The largest absolute Gasteiger partial charge is 0.346 e. The first-order valence-electron chi connectivity index (χ1n) is 9.63. The van der Waals surface area contributed by atoms with Gasteiger partial charge in [0.1, 0.15) is 5.69 Å². The van der Waals surface area contributed by atoms with E-state index in [1.807, 2.05) is 30.7 Å². The third kappa shape index (κ3) is 5.35. The first-order valence-corrected chi connectivity index (χ1v) is 11.5. The van der Waals surface area contributed by atoms with Crippen LogP contribution in [0.1, 0.15) is 54.3 Å². The molecule has 3 rings (SSSR count). The number of aromatic nitrogens is 1. The van der Waals surface area contributed by atoms with Crippen LogP contribution in [-0.4, -0.2) is 25.6 Å². The van der Waals surface area contributed by atoms with Gasteiger partial charge < -0.3 is 5.32 Å². The number of pyridine rings is 1. The Hall–Kier alpha value is -3.07. The summed E-state index contributed by atoms with van der Waals surface area (Å²) in [7, 11) is -3.84. The fourth-order valence-electron chi connectivity index (χ4n) is 3.09. The molecule has 0 saturated carbocycles. The van der Waals surface area contributed by atoms with Crippen molar-refractivity contribution in [1.29, 1.82) is 0 Å². The van der Waals surface area contributed by atoms with E-state index in [1.165, 1.54) is 0 Å². The van der Waals surface area contributed by atoms with Crippen molar-refractivity contribution in [1.82, 2.24) is 10.3 Å². The Morgan fingerprint density at radius 2 is 1.65 bits per heavy atom. The lowest BCUT2D eigenvalue weighted by molar-refractivity contribution is 0.0940. The van der Waals surface area contributed by atoms with Crippen LogP contribution in [0.15, 0.2) is 42.5 Å². The van der Waals surface area contributed by atoms with Gasteiger partial charge in [0.05, 0.1) is 17.8 Å². The van der Waals surface area contributed by atoms with E-state index >= 15 is 0 Å². The van der Waals surface area contributed by atoms with Gasteiger partial charge in [0, 0.05) is 16.6 Å². The zero-order valence-electron chi connectivity index (χ0n) is 17.5. The molecule has 1 heterocycles. The minimum atomic E-state index is -3.84. The summed E-state index contributed by atoms with van der Waals surface area (Å²) in [5.41, 5.74) is 1.51. The lowest BCUT2D eigenvalue weighted by Gasteiger charge is -2.16. The maximum Gasteiger partial charge on any atom is 0.251 e. The topological polar surface area (TPSA) is 88.2 Å². The van der Waals surface area contributed by atoms with Gasteiger partial charge in [0.15, 0.2) is 11.6 Å². The Morgan fingerprint density at radius 3 is 2.23 bits per heavy atom. The number of nitrogens with one attached hydrogen (secondary N) is 2. The van der Waals surface area contributed by atoms with Crippen molar-refractivity contribution >= 4 is 32.5 Å². The van der Waals surface area contributed by atoms with Crippen LogP contribution >= 0.6 is 0 Å². The zero-order chi connectivity index (χ0) is 22.9. The van der Waals surface area contributed by atoms with Gasteiger partial charge in [-0.25, -0.2) is 17.2 Å². The molecule has 0 aliphatic heterocycles. The van der Waals surface area contributed by atoms with Crippen molar-refractivity contribution in [3.8, 4) is 0 Å². The monoisotopic (exact) mass is 447 g/mol. The second kappa shape index (κ2) is 8.58. The Labute approximate surface area is 179 Å². The predicted octanol–water partition coefficient (Wildman–Crippen LogP) is 4.50. The number of carbonyl (C=O) groups excluding carboxylic acids is 1. The molecule has 1 aromatic heterocycles. The normalized spacial score (nSPS) is 12.7. The third-order valence-electron chi connectivity index (χ3n) is 4.76. The number of nitrogens with zero attached hydrogens (tertiary/aromatic N) is 1. The zero-order valence-corrected chi connectivity index (χ0v) is 18.3. The number of anilines is 1. The van der Waals surface area contributed by atoms with Crippen molar-refractivity contribution in [2.45, 2.75) is 32.7 Å². The SMILES string of the molecule is CC(C)c1ccc2cc(C(=O)NC(C)c3cc(F)c(NS(C)(=O)=O)c(F)c3)ccc2n1. The molecule has 6 nitrogen and oxygen atoms in total. The van der Waals surface area contributed by atoms with Crippen LogP contribution in [0.3, 0.4) is 0 Å². The summed E-state index contributed by atoms with van der Waals surface area (Å²) in [5, 5.41) is 3.50. The Morgan fingerprint density at radius 1 is 1.00 bits per heavy atom. The van der Waals surface area contributed by atoms with E-state index in [0.29, 0.717) is 5.56 Å². The van der Waals surface area contributed by atoms with Gasteiger partial charge in [0.25, 0.3) is 5.91 Å². The van der Waals surface area contributed by atoms with E-state index in [2.05, 4.69) is 10.3 Å². The standard InChI is InChI=1S/C22H23F2N3O3S/c1-12(2)19-7-5-14-9-15(6-8-20(14)26-19)22(28)25-13(3)16-10-17(23)21(18(24)11-16)27-31(4,29)30/h5-13,27H,1-4H3,(H,25,28). The molecule has 3 aromatic rings. The molecule has 9 heteroatoms. The van der Waals surface area contributed by atoms with Gasteiger partial charge in [-0.2, -0.15) is 0 Å². The predicted molar refractivity (Wildman–Crippen MR) is 117 cm³/mol. The molecule has 0 aliphatic carbocycles. The molecule has 0 aliphatic rings. The van der Waals surface area contributed by atoms with Gasteiger partial charge in [0.2, 0.25) is 10.0 Å². The summed E-state index contributed by atoms with van der Waals surface area (Å²) in [4.78, 5) is 17.2. The fraction of sp³-hybridized carbons (Fsp3) is 0.273. The molecule has 1 atom stereocenters. The van der Waals surface area contributed by atoms with Crippen molar-refractivity contribution in [3.63, 3.8) is 0 Å². The van der Waals surface area contributed by atoms with Gasteiger partial charge >= 0.3 is 0 Å². The second-order valence-corrected chi connectivity index (χ2v) is 9.48. The van der Waals surface area contributed by atoms with Crippen LogP contribution in [0.25, 0.3) is 10.9 Å². The summed E-state index contributed by atoms with van der Waals surface area (Å²) in [5.74, 6) is -2.27. The number of hydrogen-bond acceptors (Lipinski definition) is 4. The Bertz CT molecular complexity index is 1240. The van der Waals surface area contributed by atoms with Crippen LogP contribution in [-0.2, 0) is 10.0 Å². The molecule has 0 radical (unpaired) electrons. The molecule has 2 N–H and O–H groups in total. The number of benzene rings is 2. The quantitative estimate of drug-likeness (QED) is 0.582. The van der Waals surface area contributed by atoms with Crippen LogP contribution < -0.4 is 10.0 Å². The van der Waals surface area contributed by atoms with Crippen molar-refractivity contribution < 1.29 is 22.0 Å². The molecule has 0 fully saturated rings. The maximum absolute atomic E-state index is 14.2. The number of hydrogen-bond donors (Lipinski definition) is 2. The van der Waals surface area contributed by atoms with E-state index in [-0.39, 0.29) is 11.5 Å². The lowest BCUT2D eigenvalue weighted by Crippen LogP contribution is -2.27. The molecular weight excluding hydrogens is 424 g/mol. The summed E-state index contributed by atoms with van der Waals surface area (Å²) in [6.07, 6.45) is 0.797. The summed E-state index contributed by atoms with van der Waals surface area (Å²) < 4.78 is 52.8. The minimum absolute atomic E-state index is 0.159. The lowest BCUT2D eigenvalue weighted by atomic mass is 10.0. The Balaban J connectivity index is 1.81. The smallest absolute Gasteiger partial charge is 0.251 e. The number of amides is 1. The fourth-order valence-corrected chi connectivity index (χ4v) is 3.66. The highest BCUT2D eigenvalue weighted by Gasteiger charge is 2.19. The van der Waals surface area contributed by atoms with Crippen molar-refractivity contribution in [3.05, 3.63) is 70.9 Å². The molecule has 1 amide bonds. The number of halogens is 2. The molecule has 0 spiro atoms. The van der Waals surface area contributed by atoms with Crippen LogP contribution in [0.4, 0.5) is 14.5 Å². The third-order valence-corrected chi connectivity index (χ3v) is 5.34. The number of rotatable bonds is 6. The highest BCUT2D eigenvalue weighted by Crippen LogP contribution is 2.25. The van der Waals surface area contributed by atoms with Crippen molar-refractivity contribution in [2.75, 3.05) is 11.0 Å². The highest BCUT2D eigenvalue weighted by atomic mass is 32.2. The van der Waals surface area contributed by atoms with Crippen LogP contribution in [0.5, 0.6) is 0 Å². The molecular formula is C22H23F2N3O3S. The maximum atomic E-state index is 14.2. The van der Waals surface area contributed by atoms with E-state index in [0.717, 1.165) is 35.0 Å². The van der Waals surface area contributed by atoms with E-state index < -0.39 is 39.3 Å². The van der Waals surface area contributed by atoms with Gasteiger partial charge in [-0.3, -0.25) is 14.5 Å². The average Bonchev–Trinajstić information content (AvgIpc) is 2.68. The average molecular weight is 448 g/mol. The molecule has 2 aromatic carbocycles. The van der Waals surface area contributed by atoms with Crippen LogP contribution in [0, 0.1) is 11.6 Å². The summed E-state index contributed by atoms with van der Waals surface area (Å²) in [6, 6.07) is 10.2. The van der Waals surface area contributed by atoms with Gasteiger partial charge in [-0.05, 0) is 54.8 Å². The first kappa shape index (κ1) is 22.6. The van der Waals surface area contributed by atoms with E-state index in [1.54, 1.807) is 25.1 Å². The van der Waals surface area contributed by atoms with E-state index in [4.69, 9.17) is 0 Å². The van der Waals surface area contributed by atoms with Crippen molar-refractivity contribution in [2.24, 2.45) is 0 Å². The second-order valence-electron chi connectivity index (χ2n) is 7.73. The van der Waals surface area contributed by atoms with Gasteiger partial charge in [-0.15, -0.1) is 0 Å². The highest BCUT2D eigenvalue weighted by molar-refractivity contribution is 7.92. The summed E-state index contributed by atoms with van der Waals surface area (Å²) in [6.45, 7) is 5.67. The molecule has 1 unspecified atom stereocenters. The summed E-state index contributed by atoms with van der Waals surface area (Å²) >= 11 is 0. The molecule has 164 valence electrons. The first-order chi connectivity index (χ1) is 14.4.